The molecule has 2 fully saturated rings. The van der Waals surface area contributed by atoms with Crippen LogP contribution in [0.5, 0.6) is 0 Å². The van der Waals surface area contributed by atoms with Gasteiger partial charge < -0.3 is 5.32 Å². The molecule has 0 radical (unpaired) electrons. The van der Waals surface area contributed by atoms with Crippen molar-refractivity contribution >= 4 is 5.91 Å². The van der Waals surface area contributed by atoms with Crippen molar-refractivity contribution in [3.05, 3.63) is 71.8 Å². The van der Waals surface area contributed by atoms with E-state index in [0.29, 0.717) is 0 Å². The largest absolute Gasteiger partial charge is 0.346 e. The molecule has 2 aliphatic rings. The van der Waals surface area contributed by atoms with Gasteiger partial charge in [0.1, 0.15) is 0 Å². The lowest BCUT2D eigenvalue weighted by atomic mass is 9.79. The molecule has 0 spiro atoms. The first-order chi connectivity index (χ1) is 13.8. The Kier molecular flexibility index (Phi) is 6.11. The van der Waals surface area contributed by atoms with Crippen LogP contribution in [0.1, 0.15) is 56.1 Å². The first kappa shape index (κ1) is 19.2. The second kappa shape index (κ2) is 8.91. The number of nitrogens with zero attached hydrogens (tertiary/aromatic N) is 1. The number of amides is 1. The molecule has 2 aromatic carbocycles. The van der Waals surface area contributed by atoms with Crippen LogP contribution >= 0.6 is 0 Å². The summed E-state index contributed by atoms with van der Waals surface area (Å²) in [6.07, 6.45) is 7.73. The Hall–Kier alpha value is -2.13. The Morgan fingerprint density at radius 3 is 2.14 bits per heavy atom. The molecule has 3 heteroatoms. The van der Waals surface area contributed by atoms with E-state index in [0.717, 1.165) is 45.3 Å². The van der Waals surface area contributed by atoms with Gasteiger partial charge in [0.2, 0.25) is 5.91 Å². The molecule has 28 heavy (non-hydrogen) atoms. The van der Waals surface area contributed by atoms with Gasteiger partial charge in [0.25, 0.3) is 0 Å². The van der Waals surface area contributed by atoms with E-state index in [1.807, 2.05) is 0 Å². The summed E-state index contributed by atoms with van der Waals surface area (Å²) >= 11 is 0. The van der Waals surface area contributed by atoms with Crippen molar-refractivity contribution in [3.63, 3.8) is 0 Å². The van der Waals surface area contributed by atoms with E-state index in [9.17, 15) is 4.79 Å². The smallest absolute Gasteiger partial charge is 0.223 e. The van der Waals surface area contributed by atoms with E-state index in [-0.39, 0.29) is 17.4 Å². The SMILES string of the molecule is O=C(NC1(c2ccccc2)CCN(Cc2ccccc2)CC1)C1CCCCC1. The van der Waals surface area contributed by atoms with Crippen LogP contribution in [0.15, 0.2) is 60.7 Å². The zero-order chi connectivity index (χ0) is 19.2. The van der Waals surface area contributed by atoms with Crippen molar-refractivity contribution in [2.45, 2.75) is 57.0 Å². The van der Waals surface area contributed by atoms with E-state index in [1.165, 1.54) is 30.4 Å². The number of likely N-dealkylation sites (tertiary alicyclic amines) is 1. The number of nitrogens with one attached hydrogen (secondary N) is 1. The number of hydrogen-bond acceptors (Lipinski definition) is 2. The topological polar surface area (TPSA) is 32.3 Å². The van der Waals surface area contributed by atoms with Gasteiger partial charge >= 0.3 is 0 Å². The lowest BCUT2D eigenvalue weighted by Gasteiger charge is -2.43. The first-order valence-electron chi connectivity index (χ1n) is 10.9. The van der Waals surface area contributed by atoms with Gasteiger partial charge in [-0.2, -0.15) is 0 Å². The van der Waals surface area contributed by atoms with E-state index in [2.05, 4.69) is 70.9 Å². The molecule has 148 valence electrons. The standard InChI is InChI=1S/C25H32N2O/c28-24(22-12-6-2-7-13-22)26-25(23-14-8-3-9-15-23)16-18-27(19-17-25)20-21-10-4-1-5-11-21/h1,3-5,8-11,14-15,22H,2,6-7,12-13,16-20H2,(H,26,28). The Bertz CT molecular complexity index is 745. The summed E-state index contributed by atoms with van der Waals surface area (Å²) in [6, 6.07) is 21.3. The van der Waals surface area contributed by atoms with E-state index in [1.54, 1.807) is 0 Å². The van der Waals surface area contributed by atoms with Crippen LogP contribution in [0.25, 0.3) is 0 Å². The van der Waals surface area contributed by atoms with Gasteiger partial charge in [0, 0.05) is 25.6 Å². The van der Waals surface area contributed by atoms with E-state index < -0.39 is 0 Å². The molecule has 1 saturated heterocycles. The lowest BCUT2D eigenvalue weighted by Crippen LogP contribution is -2.54. The third-order valence-corrected chi connectivity index (χ3v) is 6.62. The third-order valence-electron chi connectivity index (χ3n) is 6.62. The van der Waals surface area contributed by atoms with Crippen LogP contribution in [0.3, 0.4) is 0 Å². The van der Waals surface area contributed by atoms with Gasteiger partial charge in [0.05, 0.1) is 5.54 Å². The molecule has 4 rings (SSSR count). The third kappa shape index (κ3) is 4.47. The fraction of sp³-hybridized carbons (Fsp3) is 0.480. The van der Waals surface area contributed by atoms with Crippen molar-refractivity contribution in [2.24, 2.45) is 5.92 Å². The molecule has 1 aliphatic heterocycles. The Labute approximate surface area is 169 Å². The summed E-state index contributed by atoms with van der Waals surface area (Å²) in [5.41, 5.74) is 2.41. The Balaban J connectivity index is 1.47. The normalized spacial score (nSPS) is 20.6. The summed E-state index contributed by atoms with van der Waals surface area (Å²) in [4.78, 5) is 15.6. The van der Waals surface area contributed by atoms with Crippen molar-refractivity contribution in [2.75, 3.05) is 13.1 Å². The Morgan fingerprint density at radius 1 is 0.893 bits per heavy atom. The maximum absolute atomic E-state index is 13.1. The van der Waals surface area contributed by atoms with Gasteiger partial charge in [-0.3, -0.25) is 9.69 Å². The molecule has 0 unspecified atom stereocenters. The highest BCUT2D eigenvalue weighted by Gasteiger charge is 2.38. The second-order valence-corrected chi connectivity index (χ2v) is 8.53. The number of rotatable bonds is 5. The van der Waals surface area contributed by atoms with Crippen LogP contribution in [-0.4, -0.2) is 23.9 Å². The summed E-state index contributed by atoms with van der Waals surface area (Å²) < 4.78 is 0. The number of hydrogen-bond donors (Lipinski definition) is 1. The molecule has 1 amide bonds. The molecule has 3 nitrogen and oxygen atoms in total. The van der Waals surface area contributed by atoms with Gasteiger partial charge in [-0.05, 0) is 36.8 Å². The van der Waals surface area contributed by atoms with Crippen molar-refractivity contribution in [1.29, 1.82) is 0 Å². The number of carbonyl (C=O) groups excluding carboxylic acids is 1. The van der Waals surface area contributed by atoms with Crippen LogP contribution in [0.4, 0.5) is 0 Å². The van der Waals surface area contributed by atoms with Crippen molar-refractivity contribution in [3.8, 4) is 0 Å². The predicted molar refractivity (Wildman–Crippen MR) is 114 cm³/mol. The highest BCUT2D eigenvalue weighted by molar-refractivity contribution is 5.79. The zero-order valence-electron chi connectivity index (χ0n) is 16.8. The maximum atomic E-state index is 13.1. The molecule has 0 aromatic heterocycles. The maximum Gasteiger partial charge on any atom is 0.223 e. The van der Waals surface area contributed by atoms with Gasteiger partial charge in [-0.1, -0.05) is 79.9 Å². The molecule has 1 saturated carbocycles. The molecule has 1 heterocycles. The highest BCUT2D eigenvalue weighted by atomic mass is 16.2. The molecule has 2 aromatic rings. The first-order valence-corrected chi connectivity index (χ1v) is 10.9. The van der Waals surface area contributed by atoms with Crippen LogP contribution in [0.2, 0.25) is 0 Å². The molecule has 1 N–H and O–H groups in total. The van der Waals surface area contributed by atoms with Crippen LogP contribution in [0, 0.1) is 5.92 Å². The summed E-state index contributed by atoms with van der Waals surface area (Å²) in [5.74, 6) is 0.483. The van der Waals surface area contributed by atoms with Crippen molar-refractivity contribution in [1.82, 2.24) is 10.2 Å². The van der Waals surface area contributed by atoms with E-state index in [4.69, 9.17) is 0 Å². The molecule has 0 bridgehead atoms. The van der Waals surface area contributed by atoms with E-state index >= 15 is 0 Å². The fourth-order valence-corrected chi connectivity index (χ4v) is 4.88. The van der Waals surface area contributed by atoms with Crippen LogP contribution in [-0.2, 0) is 16.9 Å². The van der Waals surface area contributed by atoms with Gasteiger partial charge in [-0.25, -0.2) is 0 Å². The number of benzene rings is 2. The summed E-state index contributed by atoms with van der Waals surface area (Å²) in [5, 5.41) is 3.54. The minimum atomic E-state index is -0.219. The minimum Gasteiger partial charge on any atom is -0.346 e. The average Bonchev–Trinajstić information content (AvgIpc) is 2.77. The summed E-state index contributed by atoms with van der Waals surface area (Å²) in [7, 11) is 0. The Morgan fingerprint density at radius 2 is 1.50 bits per heavy atom. The van der Waals surface area contributed by atoms with Crippen LogP contribution < -0.4 is 5.32 Å². The minimum absolute atomic E-state index is 0.205. The summed E-state index contributed by atoms with van der Waals surface area (Å²) in [6.45, 7) is 3.01. The molecular weight excluding hydrogens is 344 g/mol. The number of piperidine rings is 1. The average molecular weight is 377 g/mol. The molecule has 0 atom stereocenters. The second-order valence-electron chi connectivity index (χ2n) is 8.53. The van der Waals surface area contributed by atoms with Gasteiger partial charge in [-0.15, -0.1) is 0 Å². The predicted octanol–water partition coefficient (Wildman–Crippen LogP) is 4.87. The zero-order valence-corrected chi connectivity index (χ0v) is 16.8. The van der Waals surface area contributed by atoms with Gasteiger partial charge in [0.15, 0.2) is 0 Å². The quantitative estimate of drug-likeness (QED) is 0.807. The van der Waals surface area contributed by atoms with Crippen molar-refractivity contribution < 1.29 is 4.79 Å². The molecule has 1 aliphatic carbocycles. The lowest BCUT2D eigenvalue weighted by molar-refractivity contribution is -0.128. The number of carbonyl (C=O) groups is 1. The highest BCUT2D eigenvalue weighted by Crippen LogP contribution is 2.35. The molecular formula is C25H32N2O. The fourth-order valence-electron chi connectivity index (χ4n) is 4.88. The monoisotopic (exact) mass is 376 g/mol.